The van der Waals surface area contributed by atoms with Crippen molar-refractivity contribution in [3.63, 3.8) is 0 Å². The molecule has 2 unspecified atom stereocenters. The van der Waals surface area contributed by atoms with Gasteiger partial charge in [-0.1, -0.05) is 6.07 Å². The summed E-state index contributed by atoms with van der Waals surface area (Å²) in [6.45, 7) is 3.50. The summed E-state index contributed by atoms with van der Waals surface area (Å²) in [6.07, 6.45) is 3.25. The van der Waals surface area contributed by atoms with Crippen molar-refractivity contribution >= 4 is 38.6 Å². The normalized spacial score (nSPS) is 21.6. The molecule has 4 aromatic rings. The van der Waals surface area contributed by atoms with Crippen LogP contribution < -0.4 is 14.5 Å². The Morgan fingerprint density at radius 3 is 2.36 bits per heavy atom. The van der Waals surface area contributed by atoms with Crippen LogP contribution in [0.25, 0.3) is 0 Å². The number of halogens is 1. The first-order chi connectivity index (χ1) is 21.4. The number of carbonyl (C=O) groups is 1. The number of thiophene rings is 1. The van der Waals surface area contributed by atoms with E-state index >= 15 is 4.39 Å². The zero-order chi connectivity index (χ0) is 30.3. The standard InChI is InChI=1S/C32H31FN4O5S2/c33-29-18-22(3-8-30(29)35-13-15-41-16-14-35)37(32(38)31-2-1-17-43-31)21-28-26-19-36(20-27(26)28)44(39,40)25-6-4-23(5-7-25)42-24-9-11-34-12-10-24/h1-12,17-18,26-28H,13-16,19-21H2. The van der Waals surface area contributed by atoms with Crippen LogP contribution in [0.4, 0.5) is 15.8 Å². The fourth-order valence-electron chi connectivity index (χ4n) is 6.22. The number of fused-ring (bicyclic) bond motifs is 1. The van der Waals surface area contributed by atoms with Gasteiger partial charge in [-0.15, -0.1) is 11.3 Å². The molecule has 0 N–H and O–H groups in total. The van der Waals surface area contributed by atoms with Gasteiger partial charge in [-0.05, 0) is 83.8 Å². The van der Waals surface area contributed by atoms with Crippen LogP contribution in [0.5, 0.6) is 11.5 Å². The number of nitrogens with zero attached hydrogens (tertiary/aromatic N) is 4. The predicted molar refractivity (Wildman–Crippen MR) is 165 cm³/mol. The van der Waals surface area contributed by atoms with Crippen molar-refractivity contribution in [2.75, 3.05) is 55.7 Å². The van der Waals surface area contributed by atoms with E-state index in [1.807, 2.05) is 16.3 Å². The second kappa shape index (κ2) is 11.9. The molecule has 7 rings (SSSR count). The summed E-state index contributed by atoms with van der Waals surface area (Å²) in [5, 5.41) is 1.85. The lowest BCUT2D eigenvalue weighted by molar-refractivity contribution is 0.0988. The van der Waals surface area contributed by atoms with Crippen molar-refractivity contribution in [2.45, 2.75) is 4.90 Å². The van der Waals surface area contributed by atoms with Gasteiger partial charge in [-0.3, -0.25) is 9.78 Å². The number of sulfonamides is 1. The summed E-state index contributed by atoms with van der Waals surface area (Å²) in [5.74, 6) is 0.989. The highest BCUT2D eigenvalue weighted by Crippen LogP contribution is 2.53. The van der Waals surface area contributed by atoms with Gasteiger partial charge in [0.15, 0.2) is 0 Å². The second-order valence-electron chi connectivity index (χ2n) is 11.2. The maximum absolute atomic E-state index is 15.4. The molecule has 1 amide bonds. The Morgan fingerprint density at radius 2 is 1.70 bits per heavy atom. The lowest BCUT2D eigenvalue weighted by atomic mass is 10.2. The van der Waals surface area contributed by atoms with Gasteiger partial charge in [-0.25, -0.2) is 12.8 Å². The number of hydrogen-bond acceptors (Lipinski definition) is 8. The fraction of sp³-hybridized carbons (Fsp3) is 0.312. The van der Waals surface area contributed by atoms with Crippen LogP contribution in [0.15, 0.2) is 89.4 Å². The maximum Gasteiger partial charge on any atom is 0.268 e. The number of amides is 1. The van der Waals surface area contributed by atoms with Crippen LogP contribution in [0.1, 0.15) is 9.67 Å². The minimum Gasteiger partial charge on any atom is -0.457 e. The van der Waals surface area contributed by atoms with Gasteiger partial charge in [0.2, 0.25) is 10.0 Å². The lowest BCUT2D eigenvalue weighted by Crippen LogP contribution is -2.37. The molecule has 12 heteroatoms. The highest BCUT2D eigenvalue weighted by molar-refractivity contribution is 7.89. The maximum atomic E-state index is 15.4. The third-order valence-electron chi connectivity index (χ3n) is 8.65. The molecule has 4 heterocycles. The molecular weight excluding hydrogens is 604 g/mol. The highest BCUT2D eigenvalue weighted by Gasteiger charge is 2.58. The molecule has 44 heavy (non-hydrogen) atoms. The first-order valence-corrected chi connectivity index (χ1v) is 16.9. The van der Waals surface area contributed by atoms with Gasteiger partial charge < -0.3 is 19.3 Å². The zero-order valence-electron chi connectivity index (χ0n) is 23.8. The summed E-state index contributed by atoms with van der Waals surface area (Å²) < 4.78 is 54.9. The molecule has 0 bridgehead atoms. The van der Waals surface area contributed by atoms with Gasteiger partial charge >= 0.3 is 0 Å². The van der Waals surface area contributed by atoms with Crippen LogP contribution in [0.3, 0.4) is 0 Å². The van der Waals surface area contributed by atoms with Crippen LogP contribution in [-0.4, -0.2) is 69.6 Å². The van der Waals surface area contributed by atoms with Crippen LogP contribution in [0.2, 0.25) is 0 Å². The summed E-state index contributed by atoms with van der Waals surface area (Å²) in [4.78, 5) is 22.0. The molecular formula is C32H31FN4O5S2. The van der Waals surface area contributed by atoms with E-state index in [2.05, 4.69) is 4.98 Å². The molecule has 2 aromatic carbocycles. The van der Waals surface area contributed by atoms with Gasteiger partial charge in [0.25, 0.3) is 5.91 Å². The molecule has 9 nitrogen and oxygen atoms in total. The van der Waals surface area contributed by atoms with Gasteiger partial charge in [-0.2, -0.15) is 4.31 Å². The van der Waals surface area contributed by atoms with Crippen molar-refractivity contribution < 1.29 is 27.1 Å². The fourth-order valence-corrected chi connectivity index (χ4v) is 8.41. The molecule has 3 fully saturated rings. The topological polar surface area (TPSA) is 92.3 Å². The second-order valence-corrected chi connectivity index (χ2v) is 14.1. The van der Waals surface area contributed by atoms with E-state index in [1.54, 1.807) is 71.9 Å². The van der Waals surface area contributed by atoms with E-state index in [9.17, 15) is 13.2 Å². The van der Waals surface area contributed by atoms with Crippen LogP contribution in [0, 0.1) is 23.6 Å². The summed E-state index contributed by atoms with van der Waals surface area (Å²) in [6, 6.07) is 18.4. The van der Waals surface area contributed by atoms with Crippen molar-refractivity contribution in [3.8, 4) is 11.5 Å². The molecule has 1 saturated carbocycles. The third kappa shape index (κ3) is 5.70. The molecule has 2 atom stereocenters. The number of hydrogen-bond donors (Lipinski definition) is 0. The Hall–Kier alpha value is -3.84. The van der Waals surface area contributed by atoms with Gasteiger partial charge in [0.05, 0.1) is 28.7 Å². The number of anilines is 2. The van der Waals surface area contributed by atoms with E-state index in [4.69, 9.17) is 9.47 Å². The largest absolute Gasteiger partial charge is 0.457 e. The van der Waals surface area contributed by atoms with Crippen LogP contribution in [-0.2, 0) is 14.8 Å². The van der Waals surface area contributed by atoms with E-state index in [-0.39, 0.29) is 34.4 Å². The van der Waals surface area contributed by atoms with Crippen LogP contribution >= 0.6 is 11.3 Å². The average molecular weight is 635 g/mol. The summed E-state index contributed by atoms with van der Waals surface area (Å²) in [5.41, 5.74) is 1.00. The Kier molecular flexibility index (Phi) is 7.83. The van der Waals surface area contributed by atoms with Crippen molar-refractivity contribution in [1.82, 2.24) is 9.29 Å². The van der Waals surface area contributed by atoms with E-state index < -0.39 is 10.0 Å². The highest BCUT2D eigenvalue weighted by atomic mass is 32.2. The molecule has 2 aromatic heterocycles. The summed E-state index contributed by atoms with van der Waals surface area (Å²) >= 11 is 1.35. The third-order valence-corrected chi connectivity index (χ3v) is 11.4. The SMILES string of the molecule is O=C(c1cccs1)N(CC1C2CN(S(=O)(=O)c3ccc(Oc4ccncc4)cc3)CC12)c1ccc(N2CCOCC2)c(F)c1. The number of ether oxygens (including phenoxy) is 2. The Morgan fingerprint density at radius 1 is 1.00 bits per heavy atom. The molecule has 2 saturated heterocycles. The molecule has 228 valence electrons. The zero-order valence-corrected chi connectivity index (χ0v) is 25.4. The predicted octanol–water partition coefficient (Wildman–Crippen LogP) is 5.12. The minimum absolute atomic E-state index is 0.128. The Balaban J connectivity index is 1.03. The first kappa shape index (κ1) is 28.9. The smallest absolute Gasteiger partial charge is 0.268 e. The first-order valence-electron chi connectivity index (χ1n) is 14.5. The molecule has 0 spiro atoms. The Labute approximate surface area is 259 Å². The minimum atomic E-state index is -3.68. The number of aromatic nitrogens is 1. The van der Waals surface area contributed by atoms with E-state index in [0.29, 0.717) is 73.7 Å². The number of morpholine rings is 1. The molecule has 0 radical (unpaired) electrons. The molecule has 1 aliphatic carbocycles. The Bertz CT molecular complexity index is 1720. The number of piperidine rings is 1. The monoisotopic (exact) mass is 634 g/mol. The van der Waals surface area contributed by atoms with Crippen molar-refractivity contribution in [3.05, 3.63) is 95.2 Å². The van der Waals surface area contributed by atoms with E-state index in [1.165, 1.54) is 21.7 Å². The molecule has 3 aliphatic rings. The quantitative estimate of drug-likeness (QED) is 0.252. The lowest BCUT2D eigenvalue weighted by Gasteiger charge is -2.30. The van der Waals surface area contributed by atoms with Crippen molar-refractivity contribution in [2.24, 2.45) is 17.8 Å². The summed E-state index contributed by atoms with van der Waals surface area (Å²) in [7, 11) is -3.68. The number of rotatable bonds is 9. The van der Waals surface area contributed by atoms with Gasteiger partial charge in [0, 0.05) is 50.8 Å². The number of benzene rings is 2. The van der Waals surface area contributed by atoms with E-state index in [0.717, 1.165) is 0 Å². The number of pyridine rings is 1. The average Bonchev–Trinajstić information content (AvgIpc) is 3.43. The van der Waals surface area contributed by atoms with Crippen molar-refractivity contribution in [1.29, 1.82) is 0 Å². The number of carbonyl (C=O) groups excluding carboxylic acids is 1. The van der Waals surface area contributed by atoms with Gasteiger partial charge in [0.1, 0.15) is 17.3 Å². The molecule has 2 aliphatic heterocycles.